The standard InChI is InChI=1S/C15H12Cl2N2S/c1-2-5-10-13(16)18-15(19-14(10)17)11-8-20-12-7-4-3-6-9(11)12/h3-4,6-8H,2,5H2,1H3. The van der Waals surface area contributed by atoms with E-state index in [-0.39, 0.29) is 0 Å². The Morgan fingerprint density at radius 1 is 1.10 bits per heavy atom. The van der Waals surface area contributed by atoms with Gasteiger partial charge in [-0.15, -0.1) is 11.3 Å². The third kappa shape index (κ3) is 2.41. The zero-order valence-electron chi connectivity index (χ0n) is 10.9. The molecule has 0 aliphatic heterocycles. The summed E-state index contributed by atoms with van der Waals surface area (Å²) in [7, 11) is 0. The molecule has 0 saturated carbocycles. The minimum atomic E-state index is 0.456. The van der Waals surface area contributed by atoms with Crippen LogP contribution < -0.4 is 0 Å². The van der Waals surface area contributed by atoms with Crippen molar-refractivity contribution in [3.63, 3.8) is 0 Å². The molecular formula is C15H12Cl2N2S. The lowest BCUT2D eigenvalue weighted by atomic mass is 10.1. The van der Waals surface area contributed by atoms with Crippen molar-refractivity contribution >= 4 is 44.6 Å². The summed E-state index contributed by atoms with van der Waals surface area (Å²) < 4.78 is 1.20. The first-order valence-electron chi connectivity index (χ1n) is 6.39. The number of aromatic nitrogens is 2. The summed E-state index contributed by atoms with van der Waals surface area (Å²) in [4.78, 5) is 8.84. The first-order chi connectivity index (χ1) is 9.70. The van der Waals surface area contributed by atoms with E-state index in [0.717, 1.165) is 29.4 Å². The van der Waals surface area contributed by atoms with Gasteiger partial charge in [-0.1, -0.05) is 54.7 Å². The minimum absolute atomic E-state index is 0.456. The van der Waals surface area contributed by atoms with Crippen LogP contribution in [0.3, 0.4) is 0 Å². The lowest BCUT2D eigenvalue weighted by Crippen LogP contribution is -1.97. The summed E-state index contributed by atoms with van der Waals surface area (Å²) in [6.45, 7) is 2.08. The molecule has 1 aromatic carbocycles. The van der Waals surface area contributed by atoms with Crippen LogP contribution in [0, 0.1) is 0 Å². The van der Waals surface area contributed by atoms with Gasteiger partial charge in [0.25, 0.3) is 0 Å². The highest BCUT2D eigenvalue weighted by molar-refractivity contribution is 7.17. The topological polar surface area (TPSA) is 25.8 Å². The van der Waals surface area contributed by atoms with Gasteiger partial charge in [-0.2, -0.15) is 0 Å². The lowest BCUT2D eigenvalue weighted by molar-refractivity contribution is 0.903. The van der Waals surface area contributed by atoms with Crippen LogP contribution in [0.25, 0.3) is 21.5 Å². The SMILES string of the molecule is CCCc1c(Cl)nc(-c2csc3ccccc23)nc1Cl. The monoisotopic (exact) mass is 322 g/mol. The Hall–Kier alpha value is -1.16. The van der Waals surface area contributed by atoms with E-state index in [1.807, 2.05) is 17.5 Å². The van der Waals surface area contributed by atoms with E-state index in [2.05, 4.69) is 29.0 Å². The van der Waals surface area contributed by atoms with Crippen LogP contribution in [0.5, 0.6) is 0 Å². The molecule has 102 valence electrons. The van der Waals surface area contributed by atoms with E-state index >= 15 is 0 Å². The minimum Gasteiger partial charge on any atom is -0.216 e. The number of fused-ring (bicyclic) bond motifs is 1. The van der Waals surface area contributed by atoms with Crippen LogP contribution >= 0.6 is 34.5 Å². The molecule has 0 radical (unpaired) electrons. The zero-order valence-corrected chi connectivity index (χ0v) is 13.2. The number of benzene rings is 1. The molecule has 0 fully saturated rings. The molecule has 2 aromatic heterocycles. The summed E-state index contributed by atoms with van der Waals surface area (Å²) in [6.07, 6.45) is 1.76. The van der Waals surface area contributed by atoms with E-state index in [9.17, 15) is 0 Å². The first-order valence-corrected chi connectivity index (χ1v) is 8.02. The third-order valence-electron chi connectivity index (χ3n) is 3.13. The van der Waals surface area contributed by atoms with Crippen LogP contribution in [-0.4, -0.2) is 9.97 Å². The van der Waals surface area contributed by atoms with Gasteiger partial charge < -0.3 is 0 Å². The van der Waals surface area contributed by atoms with Crippen molar-refractivity contribution in [1.29, 1.82) is 0 Å². The van der Waals surface area contributed by atoms with E-state index in [0.29, 0.717) is 16.1 Å². The van der Waals surface area contributed by atoms with Crippen molar-refractivity contribution in [1.82, 2.24) is 9.97 Å². The lowest BCUT2D eigenvalue weighted by Gasteiger charge is -2.06. The predicted octanol–water partition coefficient (Wildman–Crippen LogP) is 5.62. The Bertz CT molecular complexity index is 744. The Labute approximate surface area is 131 Å². The van der Waals surface area contributed by atoms with E-state index in [4.69, 9.17) is 23.2 Å². The van der Waals surface area contributed by atoms with Gasteiger partial charge in [-0.05, 0) is 12.5 Å². The van der Waals surface area contributed by atoms with Gasteiger partial charge in [-0.3, -0.25) is 0 Å². The maximum Gasteiger partial charge on any atom is 0.164 e. The highest BCUT2D eigenvalue weighted by atomic mass is 35.5. The molecule has 0 saturated heterocycles. The maximum atomic E-state index is 6.25. The first kappa shape index (κ1) is 13.8. The van der Waals surface area contributed by atoms with Crippen LogP contribution in [0.2, 0.25) is 10.3 Å². The van der Waals surface area contributed by atoms with Crippen LogP contribution in [0.1, 0.15) is 18.9 Å². The van der Waals surface area contributed by atoms with Crippen molar-refractivity contribution in [2.24, 2.45) is 0 Å². The fraction of sp³-hybridized carbons (Fsp3) is 0.200. The molecule has 3 rings (SSSR count). The van der Waals surface area contributed by atoms with Crippen molar-refractivity contribution in [3.05, 3.63) is 45.5 Å². The molecule has 2 heterocycles. The second kappa shape index (κ2) is 5.68. The van der Waals surface area contributed by atoms with Crippen LogP contribution in [0.15, 0.2) is 29.6 Å². The van der Waals surface area contributed by atoms with E-state index in [1.54, 1.807) is 11.3 Å². The molecule has 0 N–H and O–H groups in total. The number of hydrogen-bond donors (Lipinski definition) is 0. The molecule has 20 heavy (non-hydrogen) atoms. The molecule has 0 amide bonds. The van der Waals surface area contributed by atoms with Crippen LogP contribution in [0.4, 0.5) is 0 Å². The number of halogens is 2. The Morgan fingerprint density at radius 3 is 2.50 bits per heavy atom. The highest BCUT2D eigenvalue weighted by Gasteiger charge is 2.14. The Balaban J connectivity index is 2.15. The Morgan fingerprint density at radius 2 is 1.80 bits per heavy atom. The Kier molecular flexibility index (Phi) is 3.92. The normalized spacial score (nSPS) is 11.2. The van der Waals surface area contributed by atoms with Gasteiger partial charge in [0.05, 0.1) is 0 Å². The zero-order chi connectivity index (χ0) is 14.1. The number of nitrogens with zero attached hydrogens (tertiary/aromatic N) is 2. The second-order valence-corrected chi connectivity index (χ2v) is 6.13. The summed E-state index contributed by atoms with van der Waals surface area (Å²) in [5.41, 5.74) is 1.82. The van der Waals surface area contributed by atoms with Gasteiger partial charge in [0.1, 0.15) is 10.3 Å². The average molecular weight is 323 g/mol. The van der Waals surface area contributed by atoms with Crippen molar-refractivity contribution in [3.8, 4) is 11.4 Å². The largest absolute Gasteiger partial charge is 0.216 e. The van der Waals surface area contributed by atoms with Crippen molar-refractivity contribution in [2.45, 2.75) is 19.8 Å². The highest BCUT2D eigenvalue weighted by Crippen LogP contribution is 2.34. The molecule has 0 aliphatic rings. The van der Waals surface area contributed by atoms with Crippen LogP contribution in [-0.2, 0) is 6.42 Å². The summed E-state index contributed by atoms with van der Waals surface area (Å²) in [5, 5.41) is 4.09. The maximum absolute atomic E-state index is 6.25. The van der Waals surface area contributed by atoms with Crippen molar-refractivity contribution in [2.75, 3.05) is 0 Å². The number of thiophene rings is 1. The average Bonchev–Trinajstić information content (AvgIpc) is 2.86. The summed E-state index contributed by atoms with van der Waals surface area (Å²) >= 11 is 14.2. The number of hydrogen-bond acceptors (Lipinski definition) is 3. The summed E-state index contributed by atoms with van der Waals surface area (Å²) in [6, 6.07) is 8.17. The van der Waals surface area contributed by atoms with Gasteiger partial charge in [0.2, 0.25) is 0 Å². The molecule has 0 atom stereocenters. The fourth-order valence-electron chi connectivity index (χ4n) is 2.16. The molecule has 0 bridgehead atoms. The van der Waals surface area contributed by atoms with Crippen molar-refractivity contribution < 1.29 is 0 Å². The number of rotatable bonds is 3. The van der Waals surface area contributed by atoms with Gasteiger partial charge in [0, 0.05) is 26.6 Å². The molecule has 5 heteroatoms. The molecular weight excluding hydrogens is 311 g/mol. The van der Waals surface area contributed by atoms with Gasteiger partial charge in [0.15, 0.2) is 5.82 Å². The van der Waals surface area contributed by atoms with E-state index in [1.165, 1.54) is 4.70 Å². The summed E-state index contributed by atoms with van der Waals surface area (Å²) in [5.74, 6) is 0.595. The molecule has 0 spiro atoms. The third-order valence-corrected chi connectivity index (χ3v) is 4.72. The predicted molar refractivity (Wildman–Crippen MR) is 86.9 cm³/mol. The smallest absolute Gasteiger partial charge is 0.164 e. The molecule has 3 aromatic rings. The molecule has 0 unspecified atom stereocenters. The quantitative estimate of drug-likeness (QED) is 0.585. The van der Waals surface area contributed by atoms with Gasteiger partial charge >= 0.3 is 0 Å². The molecule has 2 nitrogen and oxygen atoms in total. The van der Waals surface area contributed by atoms with Gasteiger partial charge in [-0.25, -0.2) is 9.97 Å². The molecule has 0 aliphatic carbocycles. The fourth-order valence-corrected chi connectivity index (χ4v) is 3.67. The second-order valence-electron chi connectivity index (χ2n) is 4.50. The van der Waals surface area contributed by atoms with E-state index < -0.39 is 0 Å².